The van der Waals surface area contributed by atoms with Crippen molar-refractivity contribution in [2.45, 2.75) is 37.9 Å². The normalized spacial score (nSPS) is 19.0. The Morgan fingerprint density at radius 2 is 1.75 bits per heavy atom. The second-order valence-electron chi connectivity index (χ2n) is 6.71. The topological polar surface area (TPSA) is 41.5 Å². The lowest BCUT2D eigenvalue weighted by atomic mass is 9.78. The number of aliphatic imine (C=N–C) groups is 1. The van der Waals surface area contributed by atoms with Gasteiger partial charge in [0.15, 0.2) is 0 Å². The van der Waals surface area contributed by atoms with Crippen LogP contribution in [0, 0.1) is 0 Å². The van der Waals surface area contributed by atoms with Gasteiger partial charge in [0.25, 0.3) is 0 Å². The minimum Gasteiger partial charge on any atom is -0.354 e. The summed E-state index contributed by atoms with van der Waals surface area (Å²) in [6.45, 7) is 2.61. The minimum absolute atomic E-state index is 0.177. The molecule has 2 aromatic rings. The third-order valence-electron chi connectivity index (χ3n) is 4.72. The predicted octanol–water partition coefficient (Wildman–Crippen LogP) is 5.23. The van der Waals surface area contributed by atoms with Crippen LogP contribution in [-0.2, 0) is 11.0 Å². The van der Waals surface area contributed by atoms with Crippen molar-refractivity contribution in [3.05, 3.63) is 70.2 Å². The van der Waals surface area contributed by atoms with Crippen LogP contribution in [0.15, 0.2) is 53.5 Å². The van der Waals surface area contributed by atoms with Crippen LogP contribution in [-0.4, -0.2) is 24.2 Å². The SMILES string of the molecule is CCCCNC(=O)C1N=C(c2ccc(C(F)(F)F)cc2)C1c1ccc(Cl)cc1. The maximum absolute atomic E-state index is 12.8. The van der Waals surface area contributed by atoms with E-state index in [0.717, 1.165) is 30.5 Å². The van der Waals surface area contributed by atoms with Crippen molar-refractivity contribution in [1.29, 1.82) is 0 Å². The summed E-state index contributed by atoms with van der Waals surface area (Å²) in [6, 6.07) is 11.4. The molecule has 3 nitrogen and oxygen atoms in total. The number of carbonyl (C=O) groups excluding carboxylic acids is 1. The molecule has 2 atom stereocenters. The first kappa shape index (κ1) is 20.4. The second kappa shape index (κ2) is 8.35. The molecule has 1 aliphatic rings. The van der Waals surface area contributed by atoms with E-state index in [9.17, 15) is 18.0 Å². The molecule has 0 radical (unpaired) electrons. The molecule has 2 unspecified atom stereocenters. The number of unbranched alkanes of at least 4 members (excludes halogenated alkanes) is 1. The molecule has 1 N–H and O–H groups in total. The predicted molar refractivity (Wildman–Crippen MR) is 104 cm³/mol. The van der Waals surface area contributed by atoms with E-state index >= 15 is 0 Å². The Hall–Kier alpha value is -2.34. The van der Waals surface area contributed by atoms with Gasteiger partial charge in [-0.15, -0.1) is 0 Å². The molecule has 0 aliphatic carbocycles. The Balaban J connectivity index is 1.88. The summed E-state index contributed by atoms with van der Waals surface area (Å²) < 4.78 is 38.4. The quantitative estimate of drug-likeness (QED) is 0.653. The lowest BCUT2D eigenvalue weighted by Crippen LogP contribution is -2.47. The summed E-state index contributed by atoms with van der Waals surface area (Å²) in [5.74, 6) is -0.500. The minimum atomic E-state index is -4.39. The summed E-state index contributed by atoms with van der Waals surface area (Å²) in [6.07, 6.45) is -2.55. The number of rotatable bonds is 6. The van der Waals surface area contributed by atoms with E-state index in [-0.39, 0.29) is 11.8 Å². The van der Waals surface area contributed by atoms with Gasteiger partial charge in [-0.3, -0.25) is 9.79 Å². The summed E-state index contributed by atoms with van der Waals surface area (Å²) in [7, 11) is 0. The van der Waals surface area contributed by atoms with Crippen LogP contribution >= 0.6 is 11.6 Å². The number of nitrogens with zero attached hydrogens (tertiary/aromatic N) is 1. The summed E-state index contributed by atoms with van der Waals surface area (Å²) >= 11 is 5.96. The second-order valence-corrected chi connectivity index (χ2v) is 7.14. The van der Waals surface area contributed by atoms with Gasteiger partial charge in [-0.1, -0.05) is 49.2 Å². The van der Waals surface area contributed by atoms with E-state index in [2.05, 4.69) is 10.3 Å². The van der Waals surface area contributed by atoms with E-state index in [1.807, 2.05) is 19.1 Å². The molecule has 28 heavy (non-hydrogen) atoms. The van der Waals surface area contributed by atoms with Gasteiger partial charge in [0.2, 0.25) is 5.91 Å². The molecule has 7 heteroatoms. The zero-order valence-electron chi connectivity index (χ0n) is 15.3. The standard InChI is InChI=1S/C21H20ClF3N2O/c1-2-3-12-26-20(28)19-17(13-6-10-16(22)11-7-13)18(27-19)14-4-8-15(9-5-14)21(23,24)25/h4-11,17,19H,2-3,12H2,1H3,(H,26,28). The number of halogens is 4. The zero-order chi connectivity index (χ0) is 20.3. The van der Waals surface area contributed by atoms with E-state index in [1.54, 1.807) is 12.1 Å². The smallest absolute Gasteiger partial charge is 0.354 e. The van der Waals surface area contributed by atoms with Crippen molar-refractivity contribution in [3.8, 4) is 0 Å². The number of amides is 1. The highest BCUT2D eigenvalue weighted by Gasteiger charge is 2.41. The highest BCUT2D eigenvalue weighted by atomic mass is 35.5. The number of carbonyl (C=O) groups is 1. The fourth-order valence-corrected chi connectivity index (χ4v) is 3.30. The zero-order valence-corrected chi connectivity index (χ0v) is 16.0. The average molecular weight is 409 g/mol. The van der Waals surface area contributed by atoms with E-state index < -0.39 is 17.8 Å². The van der Waals surface area contributed by atoms with Crippen LogP contribution in [0.1, 0.15) is 42.4 Å². The molecule has 3 rings (SSSR count). The van der Waals surface area contributed by atoms with Crippen LogP contribution < -0.4 is 5.32 Å². The monoisotopic (exact) mass is 408 g/mol. The maximum Gasteiger partial charge on any atom is 0.416 e. The molecular weight excluding hydrogens is 389 g/mol. The molecule has 0 saturated heterocycles. The van der Waals surface area contributed by atoms with Crippen molar-refractivity contribution >= 4 is 23.2 Å². The summed E-state index contributed by atoms with van der Waals surface area (Å²) in [5, 5.41) is 3.45. The van der Waals surface area contributed by atoms with Gasteiger partial charge in [0.1, 0.15) is 6.04 Å². The lowest BCUT2D eigenvalue weighted by Gasteiger charge is -2.34. The Labute approximate surface area is 166 Å². The number of hydrogen-bond donors (Lipinski definition) is 1. The molecule has 0 spiro atoms. The van der Waals surface area contributed by atoms with Gasteiger partial charge >= 0.3 is 6.18 Å². The number of nitrogens with one attached hydrogen (secondary N) is 1. The molecular formula is C21H20ClF3N2O. The van der Waals surface area contributed by atoms with Crippen LogP contribution in [0.2, 0.25) is 5.02 Å². The number of alkyl halides is 3. The molecule has 1 amide bonds. The first-order chi connectivity index (χ1) is 13.3. The third kappa shape index (κ3) is 4.38. The van der Waals surface area contributed by atoms with Gasteiger partial charge < -0.3 is 5.32 Å². The summed E-state index contributed by atoms with van der Waals surface area (Å²) in [5.41, 5.74) is 1.32. The van der Waals surface area contributed by atoms with Crippen molar-refractivity contribution in [3.63, 3.8) is 0 Å². The van der Waals surface area contributed by atoms with Gasteiger partial charge in [0.05, 0.1) is 17.2 Å². The number of hydrogen-bond acceptors (Lipinski definition) is 2. The molecule has 0 saturated carbocycles. The fourth-order valence-electron chi connectivity index (χ4n) is 3.17. The molecule has 0 bridgehead atoms. The van der Waals surface area contributed by atoms with Gasteiger partial charge in [-0.25, -0.2) is 0 Å². The van der Waals surface area contributed by atoms with Crippen LogP contribution in [0.3, 0.4) is 0 Å². The van der Waals surface area contributed by atoms with Gasteiger partial charge in [-0.2, -0.15) is 13.2 Å². The van der Waals surface area contributed by atoms with Crippen molar-refractivity contribution < 1.29 is 18.0 Å². The maximum atomic E-state index is 12.8. The van der Waals surface area contributed by atoms with Crippen molar-refractivity contribution in [1.82, 2.24) is 5.32 Å². The van der Waals surface area contributed by atoms with Gasteiger partial charge in [0, 0.05) is 11.6 Å². The van der Waals surface area contributed by atoms with Crippen molar-refractivity contribution in [2.24, 2.45) is 4.99 Å². The molecule has 148 valence electrons. The fraction of sp³-hybridized carbons (Fsp3) is 0.333. The molecule has 0 fully saturated rings. The Morgan fingerprint density at radius 3 is 2.32 bits per heavy atom. The Bertz CT molecular complexity index is 861. The van der Waals surface area contributed by atoms with E-state index in [4.69, 9.17) is 11.6 Å². The highest BCUT2D eigenvalue weighted by Crippen LogP contribution is 2.37. The third-order valence-corrected chi connectivity index (χ3v) is 4.98. The van der Waals surface area contributed by atoms with E-state index in [1.165, 1.54) is 12.1 Å². The van der Waals surface area contributed by atoms with E-state index in [0.29, 0.717) is 22.8 Å². The Kier molecular flexibility index (Phi) is 6.08. The molecule has 2 aromatic carbocycles. The molecule has 0 aromatic heterocycles. The van der Waals surface area contributed by atoms with Crippen molar-refractivity contribution in [2.75, 3.05) is 6.54 Å². The van der Waals surface area contributed by atoms with Crippen LogP contribution in [0.4, 0.5) is 13.2 Å². The highest BCUT2D eigenvalue weighted by molar-refractivity contribution is 6.30. The first-order valence-electron chi connectivity index (χ1n) is 9.09. The summed E-state index contributed by atoms with van der Waals surface area (Å²) in [4.78, 5) is 17.0. The number of benzene rings is 2. The van der Waals surface area contributed by atoms with Gasteiger partial charge in [-0.05, 0) is 41.8 Å². The van der Waals surface area contributed by atoms with Crippen LogP contribution in [0.25, 0.3) is 0 Å². The van der Waals surface area contributed by atoms with Crippen LogP contribution in [0.5, 0.6) is 0 Å². The average Bonchev–Trinajstić information content (AvgIpc) is 2.63. The molecule has 1 heterocycles. The molecule has 1 aliphatic heterocycles. The largest absolute Gasteiger partial charge is 0.416 e. The lowest BCUT2D eigenvalue weighted by molar-refractivity contribution is -0.137. The Morgan fingerprint density at radius 1 is 1.11 bits per heavy atom. The first-order valence-corrected chi connectivity index (χ1v) is 9.47.